The van der Waals surface area contributed by atoms with Crippen molar-refractivity contribution in [2.45, 2.75) is 13.8 Å². The average Bonchev–Trinajstić information content (AvgIpc) is 2.78. The number of furan rings is 1. The first kappa shape index (κ1) is 12.8. The highest BCUT2D eigenvalue weighted by Gasteiger charge is 2.15. The van der Waals surface area contributed by atoms with Crippen LogP contribution < -0.4 is 5.32 Å². The fraction of sp³-hybridized carbons (Fsp3) is 0.154. The highest BCUT2D eigenvalue weighted by atomic mass is 16.6. The number of benzene rings is 1. The molecule has 0 spiro atoms. The van der Waals surface area contributed by atoms with Crippen LogP contribution in [0.15, 0.2) is 34.9 Å². The Balaban J connectivity index is 2.28. The summed E-state index contributed by atoms with van der Waals surface area (Å²) >= 11 is 0. The smallest absolute Gasteiger partial charge is 0.291 e. The molecule has 0 bridgehead atoms. The van der Waals surface area contributed by atoms with Crippen LogP contribution >= 0.6 is 0 Å². The van der Waals surface area contributed by atoms with Gasteiger partial charge >= 0.3 is 0 Å². The van der Waals surface area contributed by atoms with Crippen LogP contribution in [0.4, 0.5) is 11.4 Å². The van der Waals surface area contributed by atoms with Crippen LogP contribution in [0.1, 0.15) is 21.7 Å². The summed E-state index contributed by atoms with van der Waals surface area (Å²) in [5.41, 5.74) is 1.77. The van der Waals surface area contributed by atoms with Crippen LogP contribution in [0.25, 0.3) is 0 Å². The Morgan fingerprint density at radius 1 is 1.26 bits per heavy atom. The lowest BCUT2D eigenvalue weighted by molar-refractivity contribution is -0.384. The third-order valence-electron chi connectivity index (χ3n) is 2.75. The zero-order chi connectivity index (χ0) is 14.0. The Morgan fingerprint density at radius 2 is 2.00 bits per heavy atom. The number of hydrogen-bond donors (Lipinski definition) is 1. The second kappa shape index (κ2) is 4.93. The zero-order valence-corrected chi connectivity index (χ0v) is 10.5. The molecule has 1 aromatic carbocycles. The molecule has 6 nitrogen and oxygen atoms in total. The number of carbonyl (C=O) groups is 1. The maximum atomic E-state index is 12.0. The number of nitro groups is 1. The molecule has 1 aromatic heterocycles. The van der Waals surface area contributed by atoms with E-state index in [0.29, 0.717) is 11.3 Å². The topological polar surface area (TPSA) is 85.4 Å². The van der Waals surface area contributed by atoms with Crippen LogP contribution in [-0.4, -0.2) is 10.8 Å². The van der Waals surface area contributed by atoms with E-state index in [4.69, 9.17) is 4.42 Å². The fourth-order valence-corrected chi connectivity index (χ4v) is 1.64. The first-order chi connectivity index (χ1) is 8.99. The van der Waals surface area contributed by atoms with E-state index in [0.717, 1.165) is 5.56 Å². The van der Waals surface area contributed by atoms with Gasteiger partial charge in [0.2, 0.25) is 0 Å². The third kappa shape index (κ3) is 2.62. The fourth-order valence-electron chi connectivity index (χ4n) is 1.64. The lowest BCUT2D eigenvalue weighted by Crippen LogP contribution is -2.13. The maximum absolute atomic E-state index is 12.0. The van der Waals surface area contributed by atoms with Crippen LogP contribution in [0, 0.1) is 24.0 Å². The number of anilines is 1. The van der Waals surface area contributed by atoms with Crippen LogP contribution in [-0.2, 0) is 0 Å². The Labute approximate surface area is 109 Å². The van der Waals surface area contributed by atoms with Gasteiger partial charge in [-0.25, -0.2) is 0 Å². The largest absolute Gasteiger partial charge is 0.459 e. The third-order valence-corrected chi connectivity index (χ3v) is 2.75. The van der Waals surface area contributed by atoms with Crippen LogP contribution in [0.2, 0.25) is 0 Å². The van der Waals surface area contributed by atoms with Crippen molar-refractivity contribution in [1.29, 1.82) is 0 Å². The van der Waals surface area contributed by atoms with Gasteiger partial charge in [0, 0.05) is 17.7 Å². The summed E-state index contributed by atoms with van der Waals surface area (Å²) in [6.07, 6.45) is 1.42. The van der Waals surface area contributed by atoms with Crippen molar-refractivity contribution in [3.63, 3.8) is 0 Å². The minimum Gasteiger partial charge on any atom is -0.459 e. The lowest BCUT2D eigenvalue weighted by Gasteiger charge is -2.07. The predicted octanol–water partition coefficient (Wildman–Crippen LogP) is 3.06. The van der Waals surface area contributed by atoms with Gasteiger partial charge in [0.15, 0.2) is 5.76 Å². The zero-order valence-electron chi connectivity index (χ0n) is 10.5. The molecule has 1 amide bonds. The molecule has 0 aliphatic rings. The summed E-state index contributed by atoms with van der Waals surface area (Å²) < 4.78 is 5.07. The molecule has 0 unspecified atom stereocenters. The average molecular weight is 260 g/mol. The second-order valence-corrected chi connectivity index (χ2v) is 4.14. The maximum Gasteiger partial charge on any atom is 0.291 e. The highest BCUT2D eigenvalue weighted by molar-refractivity contribution is 6.03. The van der Waals surface area contributed by atoms with E-state index in [2.05, 4.69) is 5.32 Å². The number of non-ortho nitro benzene ring substituents is 1. The first-order valence-electron chi connectivity index (χ1n) is 5.59. The van der Waals surface area contributed by atoms with Gasteiger partial charge in [0.05, 0.1) is 16.9 Å². The minimum absolute atomic E-state index is 0.0722. The van der Waals surface area contributed by atoms with E-state index >= 15 is 0 Å². The van der Waals surface area contributed by atoms with Gasteiger partial charge in [-0.15, -0.1) is 0 Å². The van der Waals surface area contributed by atoms with Crippen molar-refractivity contribution in [3.05, 3.63) is 57.5 Å². The van der Waals surface area contributed by atoms with Crippen molar-refractivity contribution < 1.29 is 14.1 Å². The number of nitrogens with one attached hydrogen (secondary N) is 1. The van der Waals surface area contributed by atoms with E-state index in [-0.39, 0.29) is 11.4 Å². The van der Waals surface area contributed by atoms with E-state index in [9.17, 15) is 14.9 Å². The summed E-state index contributed by atoms with van der Waals surface area (Å²) in [6, 6.07) is 5.98. The lowest BCUT2D eigenvalue weighted by atomic mass is 10.1. The van der Waals surface area contributed by atoms with Crippen molar-refractivity contribution in [2.75, 3.05) is 5.32 Å². The molecule has 0 saturated heterocycles. The van der Waals surface area contributed by atoms with Gasteiger partial charge in [-0.2, -0.15) is 0 Å². The van der Waals surface area contributed by atoms with Crippen molar-refractivity contribution in [1.82, 2.24) is 0 Å². The number of rotatable bonds is 3. The van der Waals surface area contributed by atoms with E-state index in [1.54, 1.807) is 26.0 Å². The van der Waals surface area contributed by atoms with Gasteiger partial charge < -0.3 is 9.73 Å². The number of amides is 1. The number of nitrogens with zero attached hydrogens (tertiary/aromatic N) is 1. The number of carbonyl (C=O) groups excluding carboxylic acids is 1. The SMILES string of the molecule is Cc1ccc([N+](=O)[O-])cc1NC(=O)c1occc1C. The monoisotopic (exact) mass is 260 g/mol. The van der Waals surface area contributed by atoms with Gasteiger partial charge in [0.25, 0.3) is 11.6 Å². The number of aryl methyl sites for hydroxylation is 2. The molecule has 1 heterocycles. The molecule has 2 rings (SSSR count). The normalized spacial score (nSPS) is 10.2. The molecule has 6 heteroatoms. The summed E-state index contributed by atoms with van der Waals surface area (Å²) in [5, 5.41) is 13.3. The van der Waals surface area contributed by atoms with E-state index < -0.39 is 10.8 Å². The molecule has 0 radical (unpaired) electrons. The summed E-state index contributed by atoms with van der Waals surface area (Å²) in [7, 11) is 0. The molecular weight excluding hydrogens is 248 g/mol. The number of nitro benzene ring substituents is 1. The van der Waals surface area contributed by atoms with E-state index in [1.165, 1.54) is 18.4 Å². The molecule has 19 heavy (non-hydrogen) atoms. The highest BCUT2D eigenvalue weighted by Crippen LogP contribution is 2.23. The Morgan fingerprint density at radius 3 is 2.58 bits per heavy atom. The predicted molar refractivity (Wildman–Crippen MR) is 69.2 cm³/mol. The van der Waals surface area contributed by atoms with Crippen molar-refractivity contribution >= 4 is 17.3 Å². The summed E-state index contributed by atoms with van der Waals surface area (Å²) in [4.78, 5) is 22.2. The second-order valence-electron chi connectivity index (χ2n) is 4.14. The Kier molecular flexibility index (Phi) is 3.33. The quantitative estimate of drug-likeness (QED) is 0.678. The van der Waals surface area contributed by atoms with Crippen LogP contribution in [0.3, 0.4) is 0 Å². The first-order valence-corrected chi connectivity index (χ1v) is 5.59. The van der Waals surface area contributed by atoms with Gasteiger partial charge in [0.1, 0.15) is 0 Å². The van der Waals surface area contributed by atoms with Gasteiger partial charge in [-0.05, 0) is 25.5 Å². The van der Waals surface area contributed by atoms with Gasteiger partial charge in [-0.1, -0.05) is 6.07 Å². The molecule has 2 aromatic rings. The molecule has 0 saturated carbocycles. The van der Waals surface area contributed by atoms with Crippen LogP contribution in [0.5, 0.6) is 0 Å². The summed E-state index contributed by atoms with van der Waals surface area (Å²) in [5.74, 6) is -0.225. The molecule has 1 N–H and O–H groups in total. The Bertz CT molecular complexity index is 646. The molecule has 0 fully saturated rings. The van der Waals surface area contributed by atoms with E-state index in [1.807, 2.05) is 0 Å². The standard InChI is InChI=1S/C13H12N2O4/c1-8-3-4-10(15(17)18)7-11(8)14-13(16)12-9(2)5-6-19-12/h3-7H,1-2H3,(H,14,16). The number of hydrogen-bond acceptors (Lipinski definition) is 4. The molecule has 0 aliphatic heterocycles. The van der Waals surface area contributed by atoms with Crippen molar-refractivity contribution in [3.8, 4) is 0 Å². The molecular formula is C13H12N2O4. The minimum atomic E-state index is -0.507. The van der Waals surface area contributed by atoms with Crippen molar-refractivity contribution in [2.24, 2.45) is 0 Å². The molecule has 98 valence electrons. The Hall–Kier alpha value is -2.63. The molecule has 0 aliphatic carbocycles. The van der Waals surface area contributed by atoms with Gasteiger partial charge in [-0.3, -0.25) is 14.9 Å². The molecule has 0 atom stereocenters. The summed E-state index contributed by atoms with van der Waals surface area (Å²) in [6.45, 7) is 3.51.